The van der Waals surface area contributed by atoms with Gasteiger partial charge in [-0.2, -0.15) is 5.10 Å². The number of nitrogens with one attached hydrogen (secondary N) is 2. The Bertz CT molecular complexity index is 801. The molecule has 1 aliphatic rings. The molecule has 0 aliphatic carbocycles. The molecule has 7 heteroatoms. The minimum Gasteiger partial charge on any atom is -0.496 e. The average Bonchev–Trinajstić information content (AvgIpc) is 2.96. The van der Waals surface area contributed by atoms with Crippen molar-refractivity contribution >= 4 is 5.91 Å². The molecule has 0 radical (unpaired) electrons. The van der Waals surface area contributed by atoms with Crippen LogP contribution in [-0.2, 0) is 31.4 Å². The van der Waals surface area contributed by atoms with Crippen LogP contribution in [-0.4, -0.2) is 41.5 Å². The lowest BCUT2D eigenvalue weighted by Gasteiger charge is -2.23. The number of nitrogens with zero attached hydrogens (tertiary/aromatic N) is 2. The second-order valence-electron chi connectivity index (χ2n) is 7.11. The molecule has 1 atom stereocenters. The second kappa shape index (κ2) is 8.54. The van der Waals surface area contributed by atoms with Crippen LogP contribution in [0.1, 0.15) is 41.2 Å². The highest BCUT2D eigenvalue weighted by Crippen LogP contribution is 2.24. The van der Waals surface area contributed by atoms with E-state index in [1.165, 1.54) is 0 Å². The van der Waals surface area contributed by atoms with E-state index in [4.69, 9.17) is 9.47 Å². The van der Waals surface area contributed by atoms with Crippen molar-refractivity contribution < 1.29 is 14.3 Å². The summed E-state index contributed by atoms with van der Waals surface area (Å²) in [5.74, 6) is 0.792. The van der Waals surface area contributed by atoms with Gasteiger partial charge in [0, 0.05) is 43.7 Å². The van der Waals surface area contributed by atoms with E-state index in [1.807, 2.05) is 45.2 Å². The summed E-state index contributed by atoms with van der Waals surface area (Å²) >= 11 is 0. The van der Waals surface area contributed by atoms with Crippen molar-refractivity contribution in [3.05, 3.63) is 46.8 Å². The summed E-state index contributed by atoms with van der Waals surface area (Å²) in [5, 5.41) is 10.8. The van der Waals surface area contributed by atoms with E-state index in [0.717, 1.165) is 22.6 Å². The molecule has 0 fully saturated rings. The number of benzene rings is 1. The number of carbonyl (C=O) groups excluding carboxylic acids is 1. The van der Waals surface area contributed by atoms with Gasteiger partial charge in [-0.05, 0) is 19.9 Å². The number of para-hydroxylation sites is 1. The van der Waals surface area contributed by atoms with Crippen molar-refractivity contribution in [1.82, 2.24) is 20.4 Å². The highest BCUT2D eigenvalue weighted by Gasteiger charge is 2.29. The molecule has 0 saturated heterocycles. The Kier molecular flexibility index (Phi) is 6.13. The molecule has 146 valence electrons. The molecule has 2 N–H and O–H groups in total. The van der Waals surface area contributed by atoms with Crippen LogP contribution in [0, 0.1) is 0 Å². The maximum atomic E-state index is 12.5. The van der Waals surface area contributed by atoms with Crippen LogP contribution in [0.2, 0.25) is 0 Å². The van der Waals surface area contributed by atoms with Gasteiger partial charge in [0.05, 0.1) is 25.5 Å². The lowest BCUT2D eigenvalue weighted by Crippen LogP contribution is -2.35. The van der Waals surface area contributed by atoms with Crippen LogP contribution in [0.4, 0.5) is 0 Å². The standard InChI is InChI=1S/C20H28N4O3/c1-13(2)22-20(25)19-16-9-15(27-12-17(16)23-24(19)3)11-21-10-14-7-5-6-8-18(14)26-4/h5-8,13,15,21H,9-12H2,1-4H3,(H,22,25)/t15-/m0/s1. The number of ether oxygens (including phenoxy) is 2. The molecule has 0 spiro atoms. The normalized spacial score (nSPS) is 16.3. The zero-order chi connectivity index (χ0) is 19.4. The lowest BCUT2D eigenvalue weighted by molar-refractivity contribution is 0.0267. The number of methoxy groups -OCH3 is 1. The highest BCUT2D eigenvalue weighted by molar-refractivity contribution is 5.94. The molecule has 1 amide bonds. The first-order valence-electron chi connectivity index (χ1n) is 9.29. The van der Waals surface area contributed by atoms with E-state index in [9.17, 15) is 4.79 Å². The van der Waals surface area contributed by atoms with Gasteiger partial charge in [-0.1, -0.05) is 18.2 Å². The first-order valence-corrected chi connectivity index (χ1v) is 9.29. The number of fused-ring (bicyclic) bond motifs is 1. The Labute approximate surface area is 160 Å². The summed E-state index contributed by atoms with van der Waals surface area (Å²) < 4.78 is 13.0. The Morgan fingerprint density at radius 2 is 2.19 bits per heavy atom. The summed E-state index contributed by atoms with van der Waals surface area (Å²) in [4.78, 5) is 12.5. The summed E-state index contributed by atoms with van der Waals surface area (Å²) in [6, 6.07) is 8.04. The summed E-state index contributed by atoms with van der Waals surface area (Å²) in [7, 11) is 3.49. The Morgan fingerprint density at radius 3 is 2.93 bits per heavy atom. The van der Waals surface area contributed by atoms with Crippen LogP contribution < -0.4 is 15.4 Å². The molecule has 27 heavy (non-hydrogen) atoms. The van der Waals surface area contributed by atoms with Gasteiger partial charge in [0.1, 0.15) is 11.4 Å². The highest BCUT2D eigenvalue weighted by atomic mass is 16.5. The van der Waals surface area contributed by atoms with E-state index in [2.05, 4.69) is 15.7 Å². The summed E-state index contributed by atoms with van der Waals surface area (Å²) in [5.41, 5.74) is 3.59. The molecule has 0 unspecified atom stereocenters. The quantitative estimate of drug-likeness (QED) is 0.775. The van der Waals surface area contributed by atoms with Gasteiger partial charge in [0.15, 0.2) is 0 Å². The summed E-state index contributed by atoms with van der Waals surface area (Å²) in [6.45, 7) is 5.73. The molecular formula is C20H28N4O3. The zero-order valence-corrected chi connectivity index (χ0v) is 16.4. The minimum atomic E-state index is -0.0797. The predicted molar refractivity (Wildman–Crippen MR) is 103 cm³/mol. The average molecular weight is 372 g/mol. The number of carbonyl (C=O) groups is 1. The molecule has 0 bridgehead atoms. The first kappa shape index (κ1) is 19.4. The van der Waals surface area contributed by atoms with Crippen molar-refractivity contribution in [2.75, 3.05) is 13.7 Å². The second-order valence-corrected chi connectivity index (χ2v) is 7.11. The van der Waals surface area contributed by atoms with E-state index < -0.39 is 0 Å². The van der Waals surface area contributed by atoms with E-state index in [1.54, 1.807) is 11.8 Å². The molecule has 1 aromatic heterocycles. The molecular weight excluding hydrogens is 344 g/mol. The third-order valence-electron chi connectivity index (χ3n) is 4.63. The Balaban J connectivity index is 1.63. The topological polar surface area (TPSA) is 77.4 Å². The fourth-order valence-corrected chi connectivity index (χ4v) is 3.40. The number of amides is 1. The van der Waals surface area contributed by atoms with E-state index in [-0.39, 0.29) is 18.1 Å². The van der Waals surface area contributed by atoms with E-state index >= 15 is 0 Å². The minimum absolute atomic E-state index is 0.00186. The number of aromatic nitrogens is 2. The van der Waals surface area contributed by atoms with Gasteiger partial charge in [-0.3, -0.25) is 9.48 Å². The van der Waals surface area contributed by atoms with Crippen molar-refractivity contribution in [3.63, 3.8) is 0 Å². The van der Waals surface area contributed by atoms with Crippen LogP contribution in [0.3, 0.4) is 0 Å². The molecule has 2 heterocycles. The van der Waals surface area contributed by atoms with Gasteiger partial charge < -0.3 is 20.1 Å². The van der Waals surface area contributed by atoms with Crippen molar-refractivity contribution in [2.24, 2.45) is 7.05 Å². The van der Waals surface area contributed by atoms with Crippen LogP contribution >= 0.6 is 0 Å². The zero-order valence-electron chi connectivity index (χ0n) is 16.4. The SMILES string of the molecule is COc1ccccc1CNC[C@@H]1Cc2c(nn(C)c2C(=O)NC(C)C)CO1. The number of rotatable bonds is 7. The van der Waals surface area contributed by atoms with Crippen molar-refractivity contribution in [3.8, 4) is 5.75 Å². The van der Waals surface area contributed by atoms with Gasteiger partial charge in [0.25, 0.3) is 5.91 Å². The molecule has 1 aliphatic heterocycles. The summed E-state index contributed by atoms with van der Waals surface area (Å²) in [6.07, 6.45) is 0.671. The van der Waals surface area contributed by atoms with Gasteiger partial charge in [-0.15, -0.1) is 0 Å². The van der Waals surface area contributed by atoms with E-state index in [0.29, 0.717) is 31.8 Å². The molecule has 3 rings (SSSR count). The molecule has 2 aromatic rings. The fourth-order valence-electron chi connectivity index (χ4n) is 3.40. The molecule has 1 aromatic carbocycles. The fraction of sp³-hybridized carbons (Fsp3) is 0.500. The molecule has 7 nitrogen and oxygen atoms in total. The lowest BCUT2D eigenvalue weighted by atomic mass is 10.0. The number of hydrogen-bond donors (Lipinski definition) is 2. The van der Waals surface area contributed by atoms with Crippen LogP contribution in [0.25, 0.3) is 0 Å². The first-order chi connectivity index (χ1) is 13.0. The predicted octanol–water partition coefficient (Wildman–Crippen LogP) is 1.80. The Hall–Kier alpha value is -2.38. The van der Waals surface area contributed by atoms with Crippen LogP contribution in [0.5, 0.6) is 5.75 Å². The third-order valence-corrected chi connectivity index (χ3v) is 4.63. The maximum Gasteiger partial charge on any atom is 0.270 e. The van der Waals surface area contributed by atoms with Crippen LogP contribution in [0.15, 0.2) is 24.3 Å². The van der Waals surface area contributed by atoms with Crippen molar-refractivity contribution in [1.29, 1.82) is 0 Å². The molecule has 0 saturated carbocycles. The largest absolute Gasteiger partial charge is 0.496 e. The Morgan fingerprint density at radius 1 is 1.41 bits per heavy atom. The van der Waals surface area contributed by atoms with Gasteiger partial charge in [-0.25, -0.2) is 0 Å². The van der Waals surface area contributed by atoms with Gasteiger partial charge >= 0.3 is 0 Å². The van der Waals surface area contributed by atoms with Crippen molar-refractivity contribution in [2.45, 2.75) is 45.6 Å². The number of aryl methyl sites for hydroxylation is 1. The third kappa shape index (κ3) is 4.48. The smallest absolute Gasteiger partial charge is 0.270 e. The number of hydrogen-bond acceptors (Lipinski definition) is 5. The monoisotopic (exact) mass is 372 g/mol. The van der Waals surface area contributed by atoms with Gasteiger partial charge in [0.2, 0.25) is 0 Å². The maximum absolute atomic E-state index is 12.5.